The molecule has 14 rings (SSSR count). The van der Waals surface area contributed by atoms with Crippen LogP contribution in [-0.2, 0) is 5.41 Å². The predicted molar refractivity (Wildman–Crippen MR) is 289 cm³/mol. The second kappa shape index (κ2) is 15.7. The van der Waals surface area contributed by atoms with E-state index in [1.807, 2.05) is 0 Å². The predicted octanol–water partition coefficient (Wildman–Crippen LogP) is 14.1. The Morgan fingerprint density at radius 3 is 1.77 bits per heavy atom. The van der Waals surface area contributed by atoms with E-state index in [1.165, 1.54) is 81.5 Å². The van der Waals surface area contributed by atoms with Gasteiger partial charge in [0.25, 0.3) is 0 Å². The lowest BCUT2D eigenvalue weighted by Crippen LogP contribution is -2.62. The Balaban J connectivity index is 1.01. The molecule has 3 nitrogen and oxygen atoms in total. The summed E-state index contributed by atoms with van der Waals surface area (Å²) in [6.07, 6.45) is 0. The summed E-state index contributed by atoms with van der Waals surface area (Å²) in [5.41, 5.74) is 13.6. The molecule has 0 amide bonds. The average molecular weight is 897 g/mol. The van der Waals surface area contributed by atoms with Crippen molar-refractivity contribution in [1.29, 1.82) is 0 Å². The summed E-state index contributed by atoms with van der Waals surface area (Å²) in [5, 5.41) is 9.16. The van der Waals surface area contributed by atoms with Crippen molar-refractivity contribution in [3.8, 4) is 28.3 Å². The van der Waals surface area contributed by atoms with Gasteiger partial charge in [-0.1, -0.05) is 199 Å². The van der Waals surface area contributed by atoms with Crippen LogP contribution in [0.25, 0.3) is 49.4 Å². The fourth-order valence-corrected chi connectivity index (χ4v) is 15.5. The quantitative estimate of drug-likeness (QED) is 0.155. The van der Waals surface area contributed by atoms with Crippen LogP contribution in [0.4, 0.5) is 17.1 Å². The molecule has 3 heterocycles. The van der Waals surface area contributed by atoms with Crippen LogP contribution in [0.3, 0.4) is 0 Å². The number of fused-ring (bicyclic) bond motifs is 12. The van der Waals surface area contributed by atoms with Crippen LogP contribution in [0.15, 0.2) is 261 Å². The van der Waals surface area contributed by atoms with E-state index in [2.05, 4.69) is 270 Å². The van der Waals surface area contributed by atoms with Crippen LogP contribution in [0.5, 0.6) is 11.5 Å². The molecule has 0 radical (unpaired) electrons. The molecule has 1 atom stereocenters. The van der Waals surface area contributed by atoms with Crippen LogP contribution in [-0.4, -0.2) is 13.4 Å². The first-order valence-electron chi connectivity index (χ1n) is 23.9. The minimum Gasteiger partial charge on any atom is -0.457 e. The van der Waals surface area contributed by atoms with Crippen molar-refractivity contribution >= 4 is 74.0 Å². The van der Waals surface area contributed by atoms with E-state index in [4.69, 9.17) is 4.74 Å². The Bertz CT molecular complexity index is 3900. The van der Waals surface area contributed by atoms with Crippen molar-refractivity contribution in [3.63, 3.8) is 0 Å². The number of hydrogen-bond donors (Lipinski definition) is 0. The second-order valence-electron chi connectivity index (χ2n) is 18.3. The summed E-state index contributed by atoms with van der Waals surface area (Å²) < 4.78 is 9.23. The van der Waals surface area contributed by atoms with Gasteiger partial charge in [0, 0.05) is 44.3 Å². The minimum atomic E-state index is -2.01. The van der Waals surface area contributed by atoms with Crippen molar-refractivity contribution in [1.82, 2.24) is 4.57 Å². The van der Waals surface area contributed by atoms with Gasteiger partial charge in [-0.2, -0.15) is 0 Å². The molecule has 0 N–H and O–H groups in total. The number of anilines is 3. The van der Waals surface area contributed by atoms with Crippen molar-refractivity contribution < 1.29 is 4.74 Å². The van der Waals surface area contributed by atoms with Gasteiger partial charge in [0.05, 0.1) is 22.1 Å². The number of nitrogens with zero attached hydrogens (tertiary/aromatic N) is 2. The first-order chi connectivity index (χ1) is 34.3. The highest BCUT2D eigenvalue weighted by atomic mass is 28.3. The van der Waals surface area contributed by atoms with Crippen LogP contribution < -0.4 is 25.2 Å². The molecule has 2 aliphatic rings. The van der Waals surface area contributed by atoms with Gasteiger partial charge in [-0.25, -0.2) is 0 Å². The Labute approximate surface area is 403 Å². The molecular formula is C65H44N2OSi. The molecule has 0 saturated heterocycles. The van der Waals surface area contributed by atoms with Crippen molar-refractivity contribution in [2.75, 3.05) is 4.90 Å². The normalized spacial score (nSPS) is 14.2. The Morgan fingerprint density at radius 1 is 0.406 bits per heavy atom. The van der Waals surface area contributed by atoms with Crippen molar-refractivity contribution in [2.45, 2.75) is 5.41 Å². The molecule has 1 unspecified atom stereocenters. The van der Waals surface area contributed by atoms with Crippen molar-refractivity contribution in [2.24, 2.45) is 0 Å². The maximum atomic E-state index is 6.83. The monoisotopic (exact) mass is 896 g/mol. The zero-order chi connectivity index (χ0) is 45.5. The smallest absolute Gasteiger partial charge is 0.133 e. The van der Waals surface area contributed by atoms with E-state index in [0.29, 0.717) is 0 Å². The molecule has 0 saturated carbocycles. The number of benzene rings is 11. The van der Waals surface area contributed by atoms with E-state index in [-0.39, 0.29) is 0 Å². The highest BCUT2D eigenvalue weighted by Crippen LogP contribution is 2.56. The molecular weight excluding hydrogens is 853 g/mol. The number of aromatic nitrogens is 1. The maximum absolute atomic E-state index is 6.83. The highest BCUT2D eigenvalue weighted by Gasteiger charge is 2.51. The summed E-state index contributed by atoms with van der Waals surface area (Å²) in [4.78, 5) is 2.48. The van der Waals surface area contributed by atoms with Crippen LogP contribution >= 0.6 is 0 Å². The fraction of sp³-hybridized carbons (Fsp3) is 0.0154. The van der Waals surface area contributed by atoms with Gasteiger partial charge in [0.15, 0.2) is 0 Å². The number of ether oxygens (including phenoxy) is 1. The van der Waals surface area contributed by atoms with Gasteiger partial charge >= 0.3 is 0 Å². The molecule has 4 heteroatoms. The van der Waals surface area contributed by atoms with Crippen molar-refractivity contribution in [3.05, 3.63) is 283 Å². The van der Waals surface area contributed by atoms with Gasteiger partial charge in [-0.15, -0.1) is 0 Å². The minimum absolute atomic E-state index is 0.641. The SMILES string of the molecule is c1ccc(-n2c3ccccc3c3c(-c4ccc(N(c5ccc6c(c5)C5(c7ccccc7Oc7ccccc75)c5ccccc5[SiH]6c5ccccc5)c5cccc6ccccc56)cc4)cccc32)cc1. The van der Waals surface area contributed by atoms with E-state index in [0.717, 1.165) is 34.2 Å². The van der Waals surface area contributed by atoms with Crippen LogP contribution in [0, 0.1) is 0 Å². The summed E-state index contributed by atoms with van der Waals surface area (Å²) in [7, 11) is -2.01. The third-order valence-electron chi connectivity index (χ3n) is 14.8. The van der Waals surface area contributed by atoms with Gasteiger partial charge in [0.1, 0.15) is 20.3 Å². The fourth-order valence-electron chi connectivity index (χ4n) is 12.0. The highest BCUT2D eigenvalue weighted by molar-refractivity contribution is 6.96. The molecule has 2 aliphatic heterocycles. The zero-order valence-electron chi connectivity index (χ0n) is 37.7. The lowest BCUT2D eigenvalue weighted by Gasteiger charge is -2.47. The van der Waals surface area contributed by atoms with Gasteiger partial charge < -0.3 is 14.2 Å². The lowest BCUT2D eigenvalue weighted by atomic mass is 9.63. The Hall–Kier alpha value is -8.70. The summed E-state index contributed by atoms with van der Waals surface area (Å²) >= 11 is 0. The molecule has 0 aliphatic carbocycles. The largest absolute Gasteiger partial charge is 0.457 e. The molecule has 11 aromatic carbocycles. The Morgan fingerprint density at radius 2 is 0.986 bits per heavy atom. The lowest BCUT2D eigenvalue weighted by molar-refractivity contribution is 0.435. The topological polar surface area (TPSA) is 17.4 Å². The first-order valence-corrected chi connectivity index (χ1v) is 25.6. The summed E-state index contributed by atoms with van der Waals surface area (Å²) in [5.74, 6) is 1.79. The van der Waals surface area contributed by atoms with Gasteiger partial charge in [0.2, 0.25) is 0 Å². The third kappa shape index (κ3) is 5.92. The van der Waals surface area contributed by atoms with Crippen LogP contribution in [0.1, 0.15) is 22.3 Å². The zero-order valence-corrected chi connectivity index (χ0v) is 38.9. The molecule has 1 aromatic heterocycles. The standard InChI is InChI=1S/C65H44N2OSi/c1-3-21-46(22-4-1)67-58-31-13-9-26-52(58)64-51(27-18-33-59(64)67)45-37-39-47(40-38-45)66(57-32-17-20-44-19-7-8-25-50(44)57)48-41-42-63-56(43-48)65(53-28-10-14-34-60(53)68-61-35-15-11-29-54(61)65)55-30-12-16-36-62(55)69(63)49-23-5-2-6-24-49/h1-43,69H. The van der Waals surface area contributed by atoms with E-state index in [9.17, 15) is 0 Å². The molecule has 12 aromatic rings. The van der Waals surface area contributed by atoms with Gasteiger partial charge in [-0.05, 0) is 105 Å². The summed E-state index contributed by atoms with van der Waals surface area (Å²) in [6.45, 7) is 0. The average Bonchev–Trinajstić information content (AvgIpc) is 3.76. The number of rotatable bonds is 6. The summed E-state index contributed by atoms with van der Waals surface area (Å²) in [6, 6.07) is 96.3. The number of para-hydroxylation sites is 4. The van der Waals surface area contributed by atoms with E-state index >= 15 is 0 Å². The van der Waals surface area contributed by atoms with Crippen LogP contribution in [0.2, 0.25) is 0 Å². The van der Waals surface area contributed by atoms with E-state index < -0.39 is 14.2 Å². The maximum Gasteiger partial charge on any atom is 0.133 e. The third-order valence-corrected chi connectivity index (χ3v) is 18.1. The molecule has 0 fully saturated rings. The van der Waals surface area contributed by atoms with Gasteiger partial charge in [-0.3, -0.25) is 0 Å². The van der Waals surface area contributed by atoms with E-state index in [1.54, 1.807) is 0 Å². The molecule has 324 valence electrons. The molecule has 1 spiro atoms. The second-order valence-corrected chi connectivity index (χ2v) is 21.1. The molecule has 69 heavy (non-hydrogen) atoms. The number of hydrogen-bond acceptors (Lipinski definition) is 2. The Kier molecular flexibility index (Phi) is 8.98. The first kappa shape index (κ1) is 39.5. The molecule has 0 bridgehead atoms.